The fourth-order valence-corrected chi connectivity index (χ4v) is 3.20. The molecule has 7 nitrogen and oxygen atoms in total. The molecule has 1 aromatic carbocycles. The Labute approximate surface area is 160 Å². The highest BCUT2D eigenvalue weighted by Gasteiger charge is 2.28. The molecule has 144 valence electrons. The van der Waals surface area contributed by atoms with Crippen LogP contribution in [0, 0.1) is 6.92 Å². The number of fused-ring (bicyclic) bond motifs is 1. The summed E-state index contributed by atoms with van der Waals surface area (Å²) in [7, 11) is 1.89. The van der Waals surface area contributed by atoms with Crippen LogP contribution in [0.3, 0.4) is 0 Å². The molecule has 0 atom stereocenters. The van der Waals surface area contributed by atoms with E-state index in [-0.39, 0.29) is 12.5 Å². The zero-order chi connectivity index (χ0) is 19.2. The first-order valence-electron chi connectivity index (χ1n) is 9.33. The van der Waals surface area contributed by atoms with Gasteiger partial charge < -0.3 is 19.9 Å². The Kier molecular flexibility index (Phi) is 6.24. The molecule has 0 spiro atoms. The lowest BCUT2D eigenvalue weighted by Crippen LogP contribution is -2.35. The molecule has 3 rings (SSSR count). The minimum Gasteiger partial charge on any atom is -0.382 e. The number of hydrogen-bond acceptors (Lipinski definition) is 6. The van der Waals surface area contributed by atoms with Crippen LogP contribution < -0.4 is 15.1 Å². The highest BCUT2D eigenvalue weighted by atomic mass is 16.5. The Hall–Kier alpha value is -2.67. The lowest BCUT2D eigenvalue weighted by Gasteiger charge is -2.22. The second-order valence-corrected chi connectivity index (χ2v) is 6.68. The number of nitrogens with one attached hydrogen (secondary N) is 1. The number of amides is 1. The van der Waals surface area contributed by atoms with Gasteiger partial charge in [-0.15, -0.1) is 0 Å². The van der Waals surface area contributed by atoms with Gasteiger partial charge in [-0.3, -0.25) is 4.79 Å². The third-order valence-electron chi connectivity index (χ3n) is 4.55. The number of aryl methyl sites for hydroxylation is 1. The van der Waals surface area contributed by atoms with Crippen molar-refractivity contribution in [3.63, 3.8) is 0 Å². The Balaban J connectivity index is 1.86. The minimum atomic E-state index is 0.0448. The number of hydrogen-bond donors (Lipinski definition) is 1. The molecule has 1 amide bonds. The first-order valence-corrected chi connectivity index (χ1v) is 9.33. The van der Waals surface area contributed by atoms with E-state index in [2.05, 4.69) is 15.3 Å². The number of benzene rings is 1. The highest BCUT2D eigenvalue weighted by Crippen LogP contribution is 2.30. The average Bonchev–Trinajstić information content (AvgIpc) is 2.78. The van der Waals surface area contributed by atoms with E-state index in [0.29, 0.717) is 13.2 Å². The monoisotopic (exact) mass is 369 g/mol. The maximum absolute atomic E-state index is 12.8. The molecule has 0 saturated carbocycles. The van der Waals surface area contributed by atoms with Crippen LogP contribution >= 0.6 is 0 Å². The summed E-state index contributed by atoms with van der Waals surface area (Å²) in [5, 5.41) is 3.38. The van der Waals surface area contributed by atoms with Crippen molar-refractivity contribution in [2.75, 3.05) is 48.5 Å². The fraction of sp³-hybridized carbons (Fsp3) is 0.450. The number of rotatable bonds is 7. The molecule has 0 unspecified atom stereocenters. The largest absolute Gasteiger partial charge is 0.382 e. The van der Waals surface area contributed by atoms with E-state index in [1.54, 1.807) is 6.33 Å². The molecule has 0 radical (unpaired) electrons. The van der Waals surface area contributed by atoms with Gasteiger partial charge in [-0.25, -0.2) is 9.97 Å². The normalized spacial score (nSPS) is 14.1. The van der Waals surface area contributed by atoms with Crippen molar-refractivity contribution in [2.24, 2.45) is 0 Å². The van der Waals surface area contributed by atoms with Crippen LogP contribution in [-0.4, -0.2) is 49.2 Å². The van der Waals surface area contributed by atoms with Crippen LogP contribution in [0.2, 0.25) is 0 Å². The maximum Gasteiger partial charge on any atom is 0.246 e. The first kappa shape index (κ1) is 19.1. The summed E-state index contributed by atoms with van der Waals surface area (Å²) in [6, 6.07) is 8.00. The number of carbonyl (C=O) groups excluding carboxylic acids is 1. The molecule has 0 aliphatic carbocycles. The van der Waals surface area contributed by atoms with Gasteiger partial charge >= 0.3 is 0 Å². The Morgan fingerprint density at radius 1 is 1.26 bits per heavy atom. The molecule has 2 aromatic rings. The highest BCUT2D eigenvalue weighted by molar-refractivity contribution is 5.97. The summed E-state index contributed by atoms with van der Waals surface area (Å²) in [5.41, 5.74) is 2.95. The quantitative estimate of drug-likeness (QED) is 0.757. The number of aromatic nitrogens is 2. The second-order valence-electron chi connectivity index (χ2n) is 6.68. The first-order chi connectivity index (χ1) is 13.1. The zero-order valence-electron chi connectivity index (χ0n) is 16.2. The van der Waals surface area contributed by atoms with Gasteiger partial charge in [0.1, 0.15) is 18.0 Å². The topological polar surface area (TPSA) is 70.6 Å². The summed E-state index contributed by atoms with van der Waals surface area (Å²) in [5.74, 6) is 1.61. The molecule has 1 N–H and O–H groups in total. The van der Waals surface area contributed by atoms with Gasteiger partial charge in [0.15, 0.2) is 0 Å². The molecule has 1 aliphatic heterocycles. The van der Waals surface area contributed by atoms with Gasteiger partial charge in [0.2, 0.25) is 5.91 Å². The molecular weight excluding hydrogens is 342 g/mol. The van der Waals surface area contributed by atoms with Crippen LogP contribution in [0.5, 0.6) is 0 Å². The Morgan fingerprint density at radius 3 is 2.89 bits per heavy atom. The molecular formula is C20H27N5O2. The SMILES string of the molecule is CCOCCCNc1ncnc2c1CN(c1cccc(C)c1)C(=O)CN2C. The summed E-state index contributed by atoms with van der Waals surface area (Å²) in [4.78, 5) is 25.4. The van der Waals surface area contributed by atoms with Crippen LogP contribution in [0.15, 0.2) is 30.6 Å². The van der Waals surface area contributed by atoms with E-state index in [0.717, 1.165) is 48.0 Å². The van der Waals surface area contributed by atoms with Gasteiger partial charge in [-0.1, -0.05) is 12.1 Å². The van der Waals surface area contributed by atoms with Crippen molar-refractivity contribution in [1.82, 2.24) is 9.97 Å². The van der Waals surface area contributed by atoms with Crippen molar-refractivity contribution in [1.29, 1.82) is 0 Å². The number of ether oxygens (including phenoxy) is 1. The Bertz CT molecular complexity index is 796. The van der Waals surface area contributed by atoms with Crippen LogP contribution in [0.25, 0.3) is 0 Å². The van der Waals surface area contributed by atoms with Crippen molar-refractivity contribution in [3.8, 4) is 0 Å². The lowest BCUT2D eigenvalue weighted by atomic mass is 10.2. The smallest absolute Gasteiger partial charge is 0.246 e. The maximum atomic E-state index is 12.8. The number of anilines is 3. The number of likely N-dealkylation sites (N-methyl/N-ethyl adjacent to an activating group) is 1. The third-order valence-corrected chi connectivity index (χ3v) is 4.55. The van der Waals surface area contributed by atoms with E-state index in [9.17, 15) is 4.79 Å². The number of carbonyl (C=O) groups is 1. The minimum absolute atomic E-state index is 0.0448. The van der Waals surface area contributed by atoms with Gasteiger partial charge in [0.05, 0.1) is 18.7 Å². The third kappa shape index (κ3) is 4.54. The molecule has 27 heavy (non-hydrogen) atoms. The van der Waals surface area contributed by atoms with Crippen molar-refractivity contribution in [2.45, 2.75) is 26.8 Å². The average molecular weight is 369 g/mol. The van der Waals surface area contributed by atoms with Crippen molar-refractivity contribution < 1.29 is 9.53 Å². The lowest BCUT2D eigenvalue weighted by molar-refractivity contribution is -0.117. The summed E-state index contributed by atoms with van der Waals surface area (Å²) >= 11 is 0. The van der Waals surface area contributed by atoms with Crippen LogP contribution in [0.4, 0.5) is 17.3 Å². The van der Waals surface area contributed by atoms with E-state index in [1.807, 2.05) is 55.0 Å². The van der Waals surface area contributed by atoms with E-state index >= 15 is 0 Å². The molecule has 0 fully saturated rings. The van der Waals surface area contributed by atoms with Crippen molar-refractivity contribution >= 4 is 23.2 Å². The molecule has 0 saturated heterocycles. The summed E-state index contributed by atoms with van der Waals surface area (Å²) in [6.45, 7) is 6.93. The van der Waals surface area contributed by atoms with E-state index in [1.165, 1.54) is 0 Å². The molecule has 1 aliphatic rings. The molecule has 7 heteroatoms. The van der Waals surface area contributed by atoms with Crippen molar-refractivity contribution in [3.05, 3.63) is 41.7 Å². The standard InChI is InChI=1S/C20H27N5O2/c1-4-27-10-6-9-21-19-17-12-25(16-8-5-7-15(2)11-16)18(26)13-24(3)20(17)23-14-22-19/h5,7-8,11,14H,4,6,9-10,12-13H2,1-3H3,(H,21,22,23). The van der Waals surface area contributed by atoms with E-state index in [4.69, 9.17) is 4.74 Å². The molecule has 1 aromatic heterocycles. The van der Waals surface area contributed by atoms with Gasteiger partial charge in [-0.05, 0) is 38.0 Å². The zero-order valence-corrected chi connectivity index (χ0v) is 16.2. The summed E-state index contributed by atoms with van der Waals surface area (Å²) in [6.07, 6.45) is 2.44. The molecule has 0 bridgehead atoms. The summed E-state index contributed by atoms with van der Waals surface area (Å²) < 4.78 is 5.39. The van der Waals surface area contributed by atoms with Crippen LogP contribution in [0.1, 0.15) is 24.5 Å². The predicted molar refractivity (Wildman–Crippen MR) is 107 cm³/mol. The van der Waals surface area contributed by atoms with Gasteiger partial charge in [0.25, 0.3) is 0 Å². The number of nitrogens with zero attached hydrogens (tertiary/aromatic N) is 4. The van der Waals surface area contributed by atoms with Gasteiger partial charge in [0, 0.05) is 32.5 Å². The molecule has 2 heterocycles. The Morgan fingerprint density at radius 2 is 2.11 bits per heavy atom. The van der Waals surface area contributed by atoms with Crippen LogP contribution in [-0.2, 0) is 16.1 Å². The van der Waals surface area contributed by atoms with E-state index < -0.39 is 0 Å². The predicted octanol–water partition coefficient (Wildman–Crippen LogP) is 2.61. The fourth-order valence-electron chi connectivity index (χ4n) is 3.20. The van der Waals surface area contributed by atoms with Gasteiger partial charge in [-0.2, -0.15) is 0 Å². The second kappa shape index (κ2) is 8.81.